The molecule has 25 heavy (non-hydrogen) atoms. The van der Waals surface area contributed by atoms with Crippen LogP contribution in [0.3, 0.4) is 0 Å². The van der Waals surface area contributed by atoms with E-state index in [1.54, 1.807) is 16.2 Å². The molecule has 1 atom stereocenters. The summed E-state index contributed by atoms with van der Waals surface area (Å²) in [4.78, 5) is 15.5. The minimum absolute atomic E-state index is 0.0154. The number of alkyl halides is 3. The van der Waals surface area contributed by atoms with E-state index in [9.17, 15) is 18.0 Å². The highest BCUT2D eigenvalue weighted by Crippen LogP contribution is 2.29. The van der Waals surface area contributed by atoms with E-state index in [-0.39, 0.29) is 17.6 Å². The first kappa shape index (κ1) is 17.9. The van der Waals surface area contributed by atoms with Gasteiger partial charge in [0, 0.05) is 23.6 Å². The number of rotatable bonds is 5. The topological polar surface area (TPSA) is 29.5 Å². The van der Waals surface area contributed by atoms with E-state index in [2.05, 4.69) is 0 Å². The van der Waals surface area contributed by atoms with Gasteiger partial charge in [-0.05, 0) is 48.6 Å². The zero-order valence-corrected chi connectivity index (χ0v) is 14.3. The minimum Gasteiger partial charge on any atom is -0.376 e. The van der Waals surface area contributed by atoms with Crippen LogP contribution in [-0.2, 0) is 17.5 Å². The van der Waals surface area contributed by atoms with Crippen molar-refractivity contribution in [3.63, 3.8) is 0 Å². The Labute approximate surface area is 148 Å². The monoisotopic (exact) mass is 369 g/mol. The third-order valence-electron chi connectivity index (χ3n) is 4.12. The predicted octanol–water partition coefficient (Wildman–Crippen LogP) is 4.59. The lowest BCUT2D eigenvalue weighted by molar-refractivity contribution is -0.137. The van der Waals surface area contributed by atoms with Crippen molar-refractivity contribution >= 4 is 17.2 Å². The highest BCUT2D eigenvalue weighted by molar-refractivity contribution is 7.09. The van der Waals surface area contributed by atoms with Crippen molar-refractivity contribution in [3.05, 3.63) is 57.8 Å². The third kappa shape index (κ3) is 4.61. The van der Waals surface area contributed by atoms with E-state index in [1.165, 1.54) is 12.1 Å². The van der Waals surface area contributed by atoms with E-state index in [4.69, 9.17) is 4.74 Å². The van der Waals surface area contributed by atoms with Gasteiger partial charge in [-0.3, -0.25) is 4.79 Å². The molecule has 0 radical (unpaired) electrons. The molecule has 0 aliphatic carbocycles. The lowest BCUT2D eigenvalue weighted by Crippen LogP contribution is -2.36. The Kier molecular flexibility index (Phi) is 5.44. The van der Waals surface area contributed by atoms with Crippen LogP contribution in [0.4, 0.5) is 13.2 Å². The molecule has 1 fully saturated rings. The summed E-state index contributed by atoms with van der Waals surface area (Å²) in [5.74, 6) is -0.280. The van der Waals surface area contributed by atoms with E-state index in [1.807, 2.05) is 17.5 Å². The summed E-state index contributed by atoms with van der Waals surface area (Å²) in [6.45, 7) is 1.56. The summed E-state index contributed by atoms with van der Waals surface area (Å²) in [5.41, 5.74) is -0.504. The fourth-order valence-electron chi connectivity index (χ4n) is 2.83. The Morgan fingerprint density at radius 2 is 2.00 bits per heavy atom. The second-order valence-corrected chi connectivity index (χ2v) is 7.01. The van der Waals surface area contributed by atoms with E-state index in [0.29, 0.717) is 19.7 Å². The Morgan fingerprint density at radius 3 is 2.56 bits per heavy atom. The van der Waals surface area contributed by atoms with Gasteiger partial charge < -0.3 is 9.64 Å². The van der Waals surface area contributed by atoms with Crippen LogP contribution >= 0.6 is 11.3 Å². The molecule has 134 valence electrons. The SMILES string of the molecule is O=C(c1ccc(C(F)(F)F)cc1)N(Cc1cccs1)CC1CCCO1. The summed E-state index contributed by atoms with van der Waals surface area (Å²) in [6.07, 6.45) is -2.57. The molecule has 1 aromatic heterocycles. The largest absolute Gasteiger partial charge is 0.416 e. The number of carbonyl (C=O) groups excluding carboxylic acids is 1. The first-order chi connectivity index (χ1) is 11.9. The van der Waals surface area contributed by atoms with Crippen LogP contribution in [0.1, 0.15) is 33.6 Å². The molecule has 1 saturated heterocycles. The molecule has 2 aromatic rings. The molecular formula is C18H18F3NO2S. The number of halogens is 3. The average Bonchev–Trinajstić information content (AvgIpc) is 3.27. The molecule has 1 aliphatic heterocycles. The zero-order valence-electron chi connectivity index (χ0n) is 13.5. The van der Waals surface area contributed by atoms with Crippen molar-refractivity contribution in [2.45, 2.75) is 31.7 Å². The Morgan fingerprint density at radius 1 is 1.24 bits per heavy atom. The molecular weight excluding hydrogens is 351 g/mol. The van der Waals surface area contributed by atoms with Crippen LogP contribution in [0, 0.1) is 0 Å². The fraction of sp³-hybridized carbons (Fsp3) is 0.389. The number of nitrogens with zero attached hydrogens (tertiary/aromatic N) is 1. The van der Waals surface area contributed by atoms with Crippen LogP contribution in [0.2, 0.25) is 0 Å². The van der Waals surface area contributed by atoms with Crippen molar-refractivity contribution in [3.8, 4) is 0 Å². The zero-order chi connectivity index (χ0) is 17.9. The maximum absolute atomic E-state index is 12.8. The summed E-state index contributed by atoms with van der Waals surface area (Å²) in [5, 5.41) is 1.93. The van der Waals surface area contributed by atoms with Crippen molar-refractivity contribution in [2.24, 2.45) is 0 Å². The number of amides is 1. The average molecular weight is 369 g/mol. The molecule has 3 nitrogen and oxygen atoms in total. The number of carbonyl (C=O) groups is 1. The summed E-state index contributed by atoms with van der Waals surface area (Å²) in [6, 6.07) is 8.22. The molecule has 1 aromatic carbocycles. The van der Waals surface area contributed by atoms with Gasteiger partial charge in [0.25, 0.3) is 5.91 Å². The van der Waals surface area contributed by atoms with Crippen molar-refractivity contribution in [2.75, 3.05) is 13.2 Å². The van der Waals surface area contributed by atoms with Gasteiger partial charge >= 0.3 is 6.18 Å². The van der Waals surface area contributed by atoms with E-state index in [0.717, 1.165) is 29.9 Å². The highest BCUT2D eigenvalue weighted by Gasteiger charge is 2.31. The number of benzene rings is 1. The molecule has 1 amide bonds. The standard InChI is InChI=1S/C18H18F3NO2S/c19-18(20,21)14-7-5-13(6-8-14)17(23)22(11-15-3-1-9-24-15)12-16-4-2-10-25-16/h2,4-8,10,15H,1,3,9,11-12H2. The second-order valence-electron chi connectivity index (χ2n) is 5.98. The maximum Gasteiger partial charge on any atom is 0.416 e. The van der Waals surface area contributed by atoms with Crippen LogP contribution in [0.5, 0.6) is 0 Å². The summed E-state index contributed by atoms with van der Waals surface area (Å²) in [7, 11) is 0. The minimum atomic E-state index is -4.41. The van der Waals surface area contributed by atoms with Gasteiger partial charge in [0.2, 0.25) is 0 Å². The van der Waals surface area contributed by atoms with Gasteiger partial charge in [0.1, 0.15) is 0 Å². The van der Waals surface area contributed by atoms with Crippen LogP contribution < -0.4 is 0 Å². The molecule has 1 aliphatic rings. The highest BCUT2D eigenvalue weighted by atomic mass is 32.1. The smallest absolute Gasteiger partial charge is 0.376 e. The van der Waals surface area contributed by atoms with Gasteiger partial charge in [-0.25, -0.2) is 0 Å². The van der Waals surface area contributed by atoms with Gasteiger partial charge in [-0.1, -0.05) is 6.07 Å². The number of hydrogen-bond donors (Lipinski definition) is 0. The number of thiophene rings is 1. The summed E-state index contributed by atoms with van der Waals surface area (Å²) < 4.78 is 43.7. The van der Waals surface area contributed by atoms with Gasteiger partial charge in [0.15, 0.2) is 0 Å². The van der Waals surface area contributed by atoms with Gasteiger partial charge in [0.05, 0.1) is 18.2 Å². The molecule has 0 spiro atoms. The quantitative estimate of drug-likeness (QED) is 0.772. The predicted molar refractivity (Wildman–Crippen MR) is 89.5 cm³/mol. The van der Waals surface area contributed by atoms with Gasteiger partial charge in [-0.2, -0.15) is 13.2 Å². The molecule has 2 heterocycles. The maximum atomic E-state index is 12.8. The Balaban J connectivity index is 1.77. The Bertz CT molecular complexity index is 692. The number of ether oxygens (including phenoxy) is 1. The van der Waals surface area contributed by atoms with Crippen molar-refractivity contribution in [1.82, 2.24) is 4.90 Å². The van der Waals surface area contributed by atoms with Gasteiger partial charge in [-0.15, -0.1) is 11.3 Å². The first-order valence-electron chi connectivity index (χ1n) is 8.04. The molecule has 3 rings (SSSR count). The summed E-state index contributed by atoms with van der Waals surface area (Å²) >= 11 is 1.54. The molecule has 7 heteroatoms. The molecule has 0 N–H and O–H groups in total. The second kappa shape index (κ2) is 7.58. The normalized spacial score (nSPS) is 17.6. The fourth-order valence-corrected chi connectivity index (χ4v) is 3.55. The third-order valence-corrected chi connectivity index (χ3v) is 4.98. The lowest BCUT2D eigenvalue weighted by Gasteiger charge is -2.25. The first-order valence-corrected chi connectivity index (χ1v) is 8.92. The van der Waals surface area contributed by atoms with Crippen molar-refractivity contribution < 1.29 is 22.7 Å². The number of hydrogen-bond acceptors (Lipinski definition) is 3. The van der Waals surface area contributed by atoms with Crippen molar-refractivity contribution in [1.29, 1.82) is 0 Å². The Hall–Kier alpha value is -1.86. The van der Waals surface area contributed by atoms with Crippen LogP contribution in [-0.4, -0.2) is 30.1 Å². The van der Waals surface area contributed by atoms with Crippen LogP contribution in [0.15, 0.2) is 41.8 Å². The lowest BCUT2D eigenvalue weighted by atomic mass is 10.1. The van der Waals surface area contributed by atoms with Crippen LogP contribution in [0.25, 0.3) is 0 Å². The van der Waals surface area contributed by atoms with E-state index < -0.39 is 11.7 Å². The van der Waals surface area contributed by atoms with E-state index >= 15 is 0 Å². The molecule has 0 saturated carbocycles. The molecule has 0 bridgehead atoms. The molecule has 1 unspecified atom stereocenters.